The molecule has 2 aromatic rings. The highest BCUT2D eigenvalue weighted by molar-refractivity contribution is 6.31. The smallest absolute Gasteiger partial charge is 0.161 e. The van der Waals surface area contributed by atoms with Crippen LogP contribution in [0, 0.1) is 6.92 Å². The third-order valence-corrected chi connectivity index (χ3v) is 3.72. The van der Waals surface area contributed by atoms with E-state index in [0.29, 0.717) is 18.4 Å². The third-order valence-electron chi connectivity index (χ3n) is 3.41. The number of hydrogen-bond donors (Lipinski definition) is 1. The molecule has 0 spiro atoms. The topological polar surface area (TPSA) is 43.4 Å². The molecule has 1 N–H and O–H groups in total. The Kier molecular flexibility index (Phi) is 3.88. The lowest BCUT2D eigenvalue weighted by atomic mass is 10.1. The molecule has 0 bridgehead atoms. The Hall–Kier alpha value is -1.94. The van der Waals surface area contributed by atoms with E-state index < -0.39 is 0 Å². The molecule has 1 unspecified atom stereocenters. The van der Waals surface area contributed by atoms with Crippen molar-refractivity contribution in [2.75, 3.05) is 18.5 Å². The van der Waals surface area contributed by atoms with Gasteiger partial charge in [-0.2, -0.15) is 0 Å². The molecule has 1 aliphatic heterocycles. The summed E-state index contributed by atoms with van der Waals surface area (Å²) in [5, 5.41) is 3.86. The highest BCUT2D eigenvalue weighted by Gasteiger charge is 2.15. The minimum atomic E-state index is 0.0851. The van der Waals surface area contributed by atoms with Gasteiger partial charge in [0.25, 0.3) is 0 Å². The molecule has 0 fully saturated rings. The molecule has 0 amide bonds. The molecule has 1 aliphatic rings. The zero-order valence-corrected chi connectivity index (χ0v) is 12.8. The zero-order valence-electron chi connectivity index (χ0n) is 12.0. The molecule has 21 heavy (non-hydrogen) atoms. The van der Waals surface area contributed by atoms with E-state index in [-0.39, 0.29) is 6.04 Å². The van der Waals surface area contributed by atoms with E-state index in [4.69, 9.17) is 21.1 Å². The number of aryl methyl sites for hydroxylation is 1. The van der Waals surface area contributed by atoms with Crippen molar-refractivity contribution in [3.8, 4) is 11.5 Å². The first-order valence-corrected chi connectivity index (χ1v) is 7.29. The molecule has 0 saturated carbocycles. The van der Waals surface area contributed by atoms with Gasteiger partial charge in [0.05, 0.1) is 5.69 Å². The second-order valence-corrected chi connectivity index (χ2v) is 5.48. The standard InChI is InChI=1S/C16H17ClN2O2/c1-10-7-13(16(17)18-9-10)19-11(2)12-3-4-14-15(8-12)21-6-5-20-14/h3-4,7-9,11,19H,5-6H2,1-2H3. The highest BCUT2D eigenvalue weighted by Crippen LogP contribution is 2.34. The molecule has 1 atom stereocenters. The number of aromatic nitrogens is 1. The number of rotatable bonds is 3. The minimum absolute atomic E-state index is 0.0851. The van der Waals surface area contributed by atoms with Crippen LogP contribution in [0.3, 0.4) is 0 Å². The second-order valence-electron chi connectivity index (χ2n) is 5.12. The van der Waals surface area contributed by atoms with Crippen molar-refractivity contribution in [3.05, 3.63) is 46.7 Å². The van der Waals surface area contributed by atoms with Crippen LogP contribution in [0.15, 0.2) is 30.5 Å². The average Bonchev–Trinajstić information content (AvgIpc) is 2.50. The zero-order chi connectivity index (χ0) is 14.8. The molecule has 110 valence electrons. The van der Waals surface area contributed by atoms with E-state index in [0.717, 1.165) is 28.3 Å². The van der Waals surface area contributed by atoms with Gasteiger partial charge in [-0.3, -0.25) is 0 Å². The van der Waals surface area contributed by atoms with E-state index in [1.54, 1.807) is 6.20 Å². The van der Waals surface area contributed by atoms with Crippen molar-refractivity contribution in [2.24, 2.45) is 0 Å². The second kappa shape index (κ2) is 5.82. The lowest BCUT2D eigenvalue weighted by Gasteiger charge is -2.21. The number of halogens is 1. The Labute approximate surface area is 129 Å². The summed E-state index contributed by atoms with van der Waals surface area (Å²) in [6, 6.07) is 8.05. The summed E-state index contributed by atoms with van der Waals surface area (Å²) in [6.45, 7) is 5.25. The van der Waals surface area contributed by atoms with Gasteiger partial charge in [-0.15, -0.1) is 0 Å². The van der Waals surface area contributed by atoms with Crippen LogP contribution in [0.5, 0.6) is 11.5 Å². The van der Waals surface area contributed by atoms with Crippen LogP contribution in [0.2, 0.25) is 5.15 Å². The van der Waals surface area contributed by atoms with Crippen LogP contribution in [-0.2, 0) is 0 Å². The summed E-state index contributed by atoms with van der Waals surface area (Å²) in [5.41, 5.74) is 3.01. The number of hydrogen-bond acceptors (Lipinski definition) is 4. The van der Waals surface area contributed by atoms with Gasteiger partial charge in [0.1, 0.15) is 13.2 Å². The maximum Gasteiger partial charge on any atom is 0.161 e. The summed E-state index contributed by atoms with van der Waals surface area (Å²) < 4.78 is 11.2. The van der Waals surface area contributed by atoms with Crippen molar-refractivity contribution in [1.82, 2.24) is 4.98 Å². The van der Waals surface area contributed by atoms with Crippen LogP contribution in [0.25, 0.3) is 0 Å². The SMILES string of the molecule is Cc1cnc(Cl)c(NC(C)c2ccc3c(c2)OCCO3)c1. The fraction of sp³-hybridized carbons (Fsp3) is 0.312. The summed E-state index contributed by atoms with van der Waals surface area (Å²) in [5.74, 6) is 1.59. The Balaban J connectivity index is 1.82. The van der Waals surface area contributed by atoms with Crippen molar-refractivity contribution in [2.45, 2.75) is 19.9 Å². The Morgan fingerprint density at radius 1 is 1.19 bits per heavy atom. The quantitative estimate of drug-likeness (QED) is 0.871. The van der Waals surface area contributed by atoms with Crippen molar-refractivity contribution >= 4 is 17.3 Å². The number of pyridine rings is 1. The largest absolute Gasteiger partial charge is 0.486 e. The number of benzene rings is 1. The molecule has 1 aromatic heterocycles. The molecule has 4 nitrogen and oxygen atoms in total. The van der Waals surface area contributed by atoms with Crippen LogP contribution in [-0.4, -0.2) is 18.2 Å². The van der Waals surface area contributed by atoms with Gasteiger partial charge in [-0.05, 0) is 43.2 Å². The van der Waals surface area contributed by atoms with Gasteiger partial charge in [-0.1, -0.05) is 17.7 Å². The maximum absolute atomic E-state index is 6.12. The first kappa shape index (κ1) is 14.0. The summed E-state index contributed by atoms with van der Waals surface area (Å²) in [4.78, 5) is 4.15. The van der Waals surface area contributed by atoms with Crippen molar-refractivity contribution in [1.29, 1.82) is 0 Å². The van der Waals surface area contributed by atoms with E-state index in [1.807, 2.05) is 31.2 Å². The number of fused-ring (bicyclic) bond motifs is 1. The van der Waals surface area contributed by atoms with Crippen LogP contribution in [0.1, 0.15) is 24.1 Å². The molecular weight excluding hydrogens is 288 g/mol. The third kappa shape index (κ3) is 3.05. The van der Waals surface area contributed by atoms with E-state index in [9.17, 15) is 0 Å². The lowest BCUT2D eigenvalue weighted by Crippen LogP contribution is -2.16. The first-order valence-electron chi connectivity index (χ1n) is 6.92. The number of nitrogens with zero attached hydrogens (tertiary/aromatic N) is 1. The fourth-order valence-electron chi connectivity index (χ4n) is 2.30. The molecule has 0 saturated heterocycles. The van der Waals surface area contributed by atoms with Crippen LogP contribution in [0.4, 0.5) is 5.69 Å². The van der Waals surface area contributed by atoms with Gasteiger partial charge >= 0.3 is 0 Å². The maximum atomic E-state index is 6.12. The Morgan fingerprint density at radius 3 is 2.76 bits per heavy atom. The Bertz CT molecular complexity index is 661. The summed E-state index contributed by atoms with van der Waals surface area (Å²) >= 11 is 6.12. The lowest BCUT2D eigenvalue weighted by molar-refractivity contribution is 0.171. The van der Waals surface area contributed by atoms with E-state index in [2.05, 4.69) is 17.2 Å². The van der Waals surface area contributed by atoms with Gasteiger partial charge in [0.15, 0.2) is 16.7 Å². The fourth-order valence-corrected chi connectivity index (χ4v) is 2.46. The van der Waals surface area contributed by atoms with Crippen molar-refractivity contribution < 1.29 is 9.47 Å². The van der Waals surface area contributed by atoms with Crippen molar-refractivity contribution in [3.63, 3.8) is 0 Å². The molecule has 1 aromatic carbocycles. The molecule has 3 rings (SSSR count). The van der Waals surface area contributed by atoms with E-state index in [1.165, 1.54) is 0 Å². The highest BCUT2D eigenvalue weighted by atomic mass is 35.5. The molecule has 5 heteroatoms. The predicted molar refractivity (Wildman–Crippen MR) is 83.5 cm³/mol. The van der Waals surface area contributed by atoms with Gasteiger partial charge < -0.3 is 14.8 Å². The number of nitrogens with one attached hydrogen (secondary N) is 1. The normalized spacial score (nSPS) is 14.6. The summed E-state index contributed by atoms with van der Waals surface area (Å²) in [7, 11) is 0. The van der Waals surface area contributed by atoms with Gasteiger partial charge in [0.2, 0.25) is 0 Å². The number of anilines is 1. The first-order chi connectivity index (χ1) is 10.1. The monoisotopic (exact) mass is 304 g/mol. The predicted octanol–water partition coefficient (Wildman–Crippen LogP) is 3.99. The van der Waals surface area contributed by atoms with Gasteiger partial charge in [0, 0.05) is 12.2 Å². The van der Waals surface area contributed by atoms with Gasteiger partial charge in [-0.25, -0.2) is 4.98 Å². The molecular formula is C16H17ClN2O2. The number of ether oxygens (including phenoxy) is 2. The van der Waals surface area contributed by atoms with Crippen LogP contribution >= 0.6 is 11.6 Å². The molecule has 0 radical (unpaired) electrons. The minimum Gasteiger partial charge on any atom is -0.486 e. The Morgan fingerprint density at radius 2 is 1.95 bits per heavy atom. The molecule has 0 aliphatic carbocycles. The van der Waals surface area contributed by atoms with Crippen LogP contribution < -0.4 is 14.8 Å². The molecule has 2 heterocycles. The summed E-state index contributed by atoms with van der Waals surface area (Å²) in [6.07, 6.45) is 1.75. The van der Waals surface area contributed by atoms with E-state index >= 15 is 0 Å². The average molecular weight is 305 g/mol.